The van der Waals surface area contributed by atoms with Crippen molar-refractivity contribution in [3.05, 3.63) is 72.1 Å². The molecular formula is C28H33N6O7P. The van der Waals surface area contributed by atoms with Crippen LogP contribution in [-0.2, 0) is 18.7 Å². The van der Waals surface area contributed by atoms with Crippen molar-refractivity contribution in [2.75, 3.05) is 36.1 Å². The van der Waals surface area contributed by atoms with E-state index >= 15 is 0 Å². The standard InChI is InChI=1S/C28H33N6O7P/c1-4-23(35)20(3)33-41-42(38,40-21-9-6-5-7-10-21)18-15-31-28(37)39-17-16-34-25-22(11-8-13-29-25)27(36)32-24-19(2)12-14-30-26(24)34/h5-14,20,33H,4,15-18H2,1-3H3,(H,31,37)(H,32,36)/t20-,42?/m1/s1. The summed E-state index contributed by atoms with van der Waals surface area (Å²) in [7, 11) is -3.84. The number of nitrogens with zero attached hydrogens (tertiary/aromatic N) is 3. The second-order valence-corrected chi connectivity index (χ2v) is 11.4. The summed E-state index contributed by atoms with van der Waals surface area (Å²) in [5.41, 5.74) is 4.22. The number of aromatic nitrogens is 2. The molecule has 0 bridgehead atoms. The number of carbonyl (C=O) groups excluding carboxylic acids is 3. The van der Waals surface area contributed by atoms with Gasteiger partial charge in [0, 0.05) is 25.4 Å². The van der Waals surface area contributed by atoms with Gasteiger partial charge in [0.15, 0.2) is 11.6 Å². The van der Waals surface area contributed by atoms with Crippen LogP contribution in [0.25, 0.3) is 0 Å². The lowest BCUT2D eigenvalue weighted by atomic mass is 10.2. The molecule has 13 nitrogen and oxygen atoms in total. The van der Waals surface area contributed by atoms with Gasteiger partial charge in [-0.2, -0.15) is 5.48 Å². The molecule has 2 aromatic heterocycles. The van der Waals surface area contributed by atoms with Crippen LogP contribution in [0.1, 0.15) is 36.2 Å². The van der Waals surface area contributed by atoms with Crippen LogP contribution in [0.4, 0.5) is 22.1 Å². The van der Waals surface area contributed by atoms with Gasteiger partial charge < -0.3 is 24.8 Å². The van der Waals surface area contributed by atoms with Crippen LogP contribution in [0.2, 0.25) is 0 Å². The van der Waals surface area contributed by atoms with Gasteiger partial charge in [-0.25, -0.2) is 24.0 Å². The number of aryl methyl sites for hydroxylation is 1. The maximum atomic E-state index is 13.5. The molecule has 1 aliphatic rings. The van der Waals surface area contributed by atoms with Crippen molar-refractivity contribution in [2.24, 2.45) is 0 Å². The number of amides is 2. The number of Topliss-reactive ketones (excluding diaryl/α,β-unsaturated/α-hetero) is 1. The minimum absolute atomic E-state index is 0.0715. The fourth-order valence-electron chi connectivity index (χ4n) is 4.04. The maximum Gasteiger partial charge on any atom is 0.407 e. The SMILES string of the molecule is CCC(=O)[C@@H](C)NOP(=O)(CCNC(=O)OCCN1c2ncccc2C(=O)Nc2c(C)ccnc21)Oc1ccccc1. The van der Waals surface area contributed by atoms with Crippen LogP contribution in [-0.4, -0.2) is 59.7 Å². The summed E-state index contributed by atoms with van der Waals surface area (Å²) in [6, 6.07) is 12.8. The second kappa shape index (κ2) is 14.0. The Labute approximate surface area is 243 Å². The largest absolute Gasteiger partial charge is 0.448 e. The molecule has 0 saturated carbocycles. The minimum Gasteiger partial charge on any atom is -0.448 e. The molecule has 0 aliphatic carbocycles. The first-order valence-electron chi connectivity index (χ1n) is 13.4. The normalized spacial score (nSPS) is 14.4. The number of hydrogen-bond acceptors (Lipinski definition) is 11. The first kappa shape index (κ1) is 30.6. The van der Waals surface area contributed by atoms with Gasteiger partial charge in [0.25, 0.3) is 5.91 Å². The highest BCUT2D eigenvalue weighted by atomic mass is 31.2. The highest BCUT2D eigenvalue weighted by molar-refractivity contribution is 7.54. The van der Waals surface area contributed by atoms with Gasteiger partial charge in [-0.1, -0.05) is 25.1 Å². The fourth-order valence-corrected chi connectivity index (χ4v) is 5.41. The summed E-state index contributed by atoms with van der Waals surface area (Å²) in [5.74, 6) is 0.727. The minimum atomic E-state index is -3.84. The summed E-state index contributed by atoms with van der Waals surface area (Å²) in [6.45, 7) is 5.14. The summed E-state index contributed by atoms with van der Waals surface area (Å²) >= 11 is 0. The Balaban J connectivity index is 1.36. The maximum absolute atomic E-state index is 13.5. The van der Waals surface area contributed by atoms with Crippen molar-refractivity contribution in [1.82, 2.24) is 20.8 Å². The third-order valence-electron chi connectivity index (χ3n) is 6.31. The average molecular weight is 597 g/mol. The molecule has 1 unspecified atom stereocenters. The van der Waals surface area contributed by atoms with Crippen LogP contribution in [0.15, 0.2) is 60.9 Å². The first-order valence-corrected chi connectivity index (χ1v) is 15.1. The number of pyridine rings is 2. The van der Waals surface area contributed by atoms with Crippen molar-refractivity contribution in [3.63, 3.8) is 0 Å². The van der Waals surface area contributed by atoms with Crippen LogP contribution < -0.4 is 25.5 Å². The van der Waals surface area contributed by atoms with Crippen molar-refractivity contribution < 1.29 is 32.8 Å². The van der Waals surface area contributed by atoms with Crippen LogP contribution in [0.5, 0.6) is 5.75 Å². The van der Waals surface area contributed by atoms with E-state index in [1.165, 1.54) is 0 Å². The van der Waals surface area contributed by atoms with Gasteiger partial charge in [0.1, 0.15) is 18.2 Å². The molecule has 0 fully saturated rings. The third-order valence-corrected chi connectivity index (χ3v) is 7.96. The highest BCUT2D eigenvalue weighted by Crippen LogP contribution is 2.47. The van der Waals surface area contributed by atoms with Gasteiger partial charge in [0.2, 0.25) is 0 Å². The molecular weight excluding hydrogens is 563 g/mol. The number of benzene rings is 1. The Morgan fingerprint density at radius 1 is 1.07 bits per heavy atom. The van der Waals surface area contributed by atoms with E-state index in [1.807, 2.05) is 6.92 Å². The number of carbonyl (C=O) groups is 3. The predicted molar refractivity (Wildman–Crippen MR) is 156 cm³/mol. The summed E-state index contributed by atoms with van der Waals surface area (Å²) < 4.78 is 29.8. The molecule has 42 heavy (non-hydrogen) atoms. The number of para-hydroxylation sites is 1. The van der Waals surface area contributed by atoms with Gasteiger partial charge in [-0.3, -0.25) is 9.59 Å². The zero-order valence-corrected chi connectivity index (χ0v) is 24.4. The molecule has 14 heteroatoms. The smallest absolute Gasteiger partial charge is 0.407 e. The lowest BCUT2D eigenvalue weighted by molar-refractivity contribution is -0.122. The van der Waals surface area contributed by atoms with E-state index < -0.39 is 19.7 Å². The Morgan fingerprint density at radius 2 is 1.83 bits per heavy atom. The number of alkyl carbamates (subject to hydrolysis) is 1. The zero-order chi connectivity index (χ0) is 30.1. The Kier molecular flexibility index (Phi) is 10.2. The molecule has 222 valence electrons. The first-order chi connectivity index (χ1) is 20.2. The molecule has 3 heterocycles. The number of nitrogens with one attached hydrogen (secondary N) is 3. The van der Waals surface area contributed by atoms with E-state index in [1.54, 1.807) is 79.7 Å². The number of ether oxygens (including phenoxy) is 1. The fraction of sp³-hybridized carbons (Fsp3) is 0.321. The lowest BCUT2D eigenvalue weighted by Gasteiger charge is -2.24. The van der Waals surface area contributed by atoms with E-state index in [0.717, 1.165) is 5.56 Å². The van der Waals surface area contributed by atoms with Gasteiger partial charge >= 0.3 is 13.7 Å². The predicted octanol–water partition coefficient (Wildman–Crippen LogP) is 4.38. The van der Waals surface area contributed by atoms with Crippen molar-refractivity contribution >= 4 is 42.7 Å². The van der Waals surface area contributed by atoms with E-state index in [0.29, 0.717) is 28.6 Å². The van der Waals surface area contributed by atoms with Crippen LogP contribution >= 0.6 is 7.60 Å². The Hall–Kier alpha value is -4.32. The molecule has 2 amide bonds. The van der Waals surface area contributed by atoms with Gasteiger partial charge in [0.05, 0.1) is 30.0 Å². The van der Waals surface area contributed by atoms with Gasteiger partial charge in [-0.05, 0) is 49.7 Å². The monoisotopic (exact) mass is 596 g/mol. The van der Waals surface area contributed by atoms with Crippen molar-refractivity contribution in [3.8, 4) is 5.75 Å². The number of fused-ring (bicyclic) bond motifs is 2. The molecule has 0 radical (unpaired) electrons. The highest BCUT2D eigenvalue weighted by Gasteiger charge is 2.30. The Morgan fingerprint density at radius 3 is 2.60 bits per heavy atom. The summed E-state index contributed by atoms with van der Waals surface area (Å²) in [6.07, 6.45) is 2.51. The number of anilines is 3. The molecule has 3 N–H and O–H groups in total. The molecule has 2 atom stereocenters. The van der Waals surface area contributed by atoms with Gasteiger partial charge in [-0.15, -0.1) is 0 Å². The topological polar surface area (TPSA) is 161 Å². The third kappa shape index (κ3) is 7.69. The quantitative estimate of drug-likeness (QED) is 0.190. The van der Waals surface area contributed by atoms with E-state index in [4.69, 9.17) is 13.9 Å². The average Bonchev–Trinajstić information content (AvgIpc) is 3.11. The summed E-state index contributed by atoms with van der Waals surface area (Å²) in [4.78, 5) is 47.8. The Bertz CT molecular complexity index is 1470. The molecule has 1 aromatic carbocycles. The lowest BCUT2D eigenvalue weighted by Crippen LogP contribution is -2.35. The molecule has 1 aliphatic heterocycles. The number of ketones is 1. The molecule has 4 rings (SSSR count). The van der Waals surface area contributed by atoms with E-state index in [-0.39, 0.29) is 44.0 Å². The second-order valence-electron chi connectivity index (χ2n) is 9.36. The summed E-state index contributed by atoms with van der Waals surface area (Å²) in [5, 5.41) is 5.43. The number of hydrogen-bond donors (Lipinski definition) is 3. The number of rotatable bonds is 13. The van der Waals surface area contributed by atoms with Crippen molar-refractivity contribution in [1.29, 1.82) is 0 Å². The van der Waals surface area contributed by atoms with Crippen LogP contribution in [0.3, 0.4) is 0 Å². The molecule has 0 spiro atoms. The van der Waals surface area contributed by atoms with E-state index in [9.17, 15) is 18.9 Å². The van der Waals surface area contributed by atoms with Crippen molar-refractivity contribution in [2.45, 2.75) is 33.2 Å². The zero-order valence-electron chi connectivity index (χ0n) is 23.5. The van der Waals surface area contributed by atoms with Crippen LogP contribution in [0, 0.1) is 6.92 Å². The number of hydroxylamine groups is 1. The van der Waals surface area contributed by atoms with E-state index in [2.05, 4.69) is 26.1 Å². The molecule has 0 saturated heterocycles. The molecule has 3 aromatic rings.